The average Bonchev–Trinajstić information content (AvgIpc) is 3.27. The second-order valence-electron chi connectivity index (χ2n) is 9.47. The number of rotatable bonds is 2. The third kappa shape index (κ3) is 3.31. The molecule has 1 unspecified atom stereocenters. The number of likely N-dealkylation sites (tertiary alicyclic amines) is 1. The summed E-state index contributed by atoms with van der Waals surface area (Å²) in [6.45, 7) is 6.41. The molecule has 27 heavy (non-hydrogen) atoms. The van der Waals surface area contributed by atoms with E-state index in [4.69, 9.17) is 0 Å². The molecule has 5 rings (SSSR count). The van der Waals surface area contributed by atoms with Crippen LogP contribution in [0.15, 0.2) is 24.3 Å². The van der Waals surface area contributed by atoms with Crippen molar-refractivity contribution in [1.82, 2.24) is 14.7 Å². The Balaban J connectivity index is 1.15. The fourth-order valence-corrected chi connectivity index (χ4v) is 5.87. The Kier molecular flexibility index (Phi) is 4.52. The SMILES string of the molecule is CN1CCCN(C(=O)C2CC23CCN(C2Cc4ccccc4C2)CC3)CC1. The number of nitrogens with zero attached hydrogens (tertiary/aromatic N) is 3. The highest BCUT2D eigenvalue weighted by Crippen LogP contribution is 2.60. The number of hydrogen-bond donors (Lipinski definition) is 0. The Morgan fingerprint density at radius 2 is 1.67 bits per heavy atom. The van der Waals surface area contributed by atoms with Crippen molar-refractivity contribution < 1.29 is 4.79 Å². The number of carbonyl (C=O) groups is 1. The van der Waals surface area contributed by atoms with Crippen LogP contribution < -0.4 is 0 Å². The lowest BCUT2D eigenvalue weighted by Crippen LogP contribution is -2.44. The van der Waals surface area contributed by atoms with Crippen molar-refractivity contribution in [1.29, 1.82) is 0 Å². The van der Waals surface area contributed by atoms with Crippen molar-refractivity contribution in [3.63, 3.8) is 0 Å². The summed E-state index contributed by atoms with van der Waals surface area (Å²) in [5.41, 5.74) is 3.44. The van der Waals surface area contributed by atoms with Gasteiger partial charge >= 0.3 is 0 Å². The fourth-order valence-electron chi connectivity index (χ4n) is 5.87. The molecule has 146 valence electrons. The number of hydrogen-bond acceptors (Lipinski definition) is 3. The third-order valence-electron chi connectivity index (χ3n) is 7.86. The fraction of sp³-hybridized carbons (Fsp3) is 0.696. The van der Waals surface area contributed by atoms with Crippen molar-refractivity contribution in [2.45, 2.75) is 44.6 Å². The molecule has 2 aliphatic carbocycles. The Labute approximate surface area is 163 Å². The lowest BCUT2D eigenvalue weighted by Gasteiger charge is -2.37. The standard InChI is InChI=1S/C23H33N3O/c1-24-9-4-10-26(14-13-24)22(27)21-17-23(21)7-11-25(12-8-23)20-15-18-5-2-3-6-19(18)16-20/h2-3,5-6,20-21H,4,7-17H2,1H3. The number of likely N-dealkylation sites (N-methyl/N-ethyl adjacent to an activating group) is 1. The van der Waals surface area contributed by atoms with Gasteiger partial charge in [-0.05, 0) is 81.7 Å². The highest BCUT2D eigenvalue weighted by molar-refractivity contribution is 5.82. The predicted molar refractivity (Wildman–Crippen MR) is 108 cm³/mol. The molecule has 0 aromatic heterocycles. The zero-order chi connectivity index (χ0) is 18.4. The molecule has 2 heterocycles. The van der Waals surface area contributed by atoms with E-state index in [1.54, 1.807) is 11.1 Å². The van der Waals surface area contributed by atoms with Gasteiger partial charge in [-0.3, -0.25) is 9.69 Å². The van der Waals surface area contributed by atoms with E-state index in [9.17, 15) is 4.79 Å². The summed E-state index contributed by atoms with van der Waals surface area (Å²) >= 11 is 0. The summed E-state index contributed by atoms with van der Waals surface area (Å²) in [5.74, 6) is 0.788. The number of amides is 1. The second kappa shape index (κ2) is 6.89. The summed E-state index contributed by atoms with van der Waals surface area (Å²) in [5, 5.41) is 0. The zero-order valence-electron chi connectivity index (χ0n) is 16.7. The molecule has 3 fully saturated rings. The first kappa shape index (κ1) is 17.7. The van der Waals surface area contributed by atoms with Gasteiger partial charge in [-0.2, -0.15) is 0 Å². The summed E-state index contributed by atoms with van der Waals surface area (Å²) in [4.78, 5) is 20.3. The molecule has 4 nitrogen and oxygen atoms in total. The first-order chi connectivity index (χ1) is 13.1. The molecule has 0 radical (unpaired) electrons. The maximum absolute atomic E-state index is 13.1. The summed E-state index contributed by atoms with van der Waals surface area (Å²) in [7, 11) is 2.17. The average molecular weight is 368 g/mol. The first-order valence-electron chi connectivity index (χ1n) is 10.9. The molecule has 1 spiro atoms. The monoisotopic (exact) mass is 367 g/mol. The van der Waals surface area contributed by atoms with Crippen LogP contribution in [0.3, 0.4) is 0 Å². The van der Waals surface area contributed by atoms with E-state index in [-0.39, 0.29) is 0 Å². The molecular formula is C23H33N3O. The van der Waals surface area contributed by atoms with Gasteiger partial charge in [0.05, 0.1) is 0 Å². The highest BCUT2D eigenvalue weighted by Gasteiger charge is 2.59. The van der Waals surface area contributed by atoms with E-state index in [2.05, 4.69) is 46.0 Å². The minimum Gasteiger partial charge on any atom is -0.341 e. The van der Waals surface area contributed by atoms with Crippen LogP contribution in [-0.4, -0.2) is 73.0 Å². The van der Waals surface area contributed by atoms with Crippen molar-refractivity contribution in [2.75, 3.05) is 46.3 Å². The van der Waals surface area contributed by atoms with Crippen molar-refractivity contribution >= 4 is 5.91 Å². The summed E-state index contributed by atoms with van der Waals surface area (Å²) < 4.78 is 0. The minimum atomic E-state index is 0.323. The van der Waals surface area contributed by atoms with Gasteiger partial charge < -0.3 is 9.80 Å². The lowest BCUT2D eigenvalue weighted by atomic mass is 9.89. The van der Waals surface area contributed by atoms with Gasteiger partial charge in [-0.1, -0.05) is 24.3 Å². The second-order valence-corrected chi connectivity index (χ2v) is 9.47. The van der Waals surface area contributed by atoms with Crippen LogP contribution in [0.5, 0.6) is 0 Å². The number of fused-ring (bicyclic) bond motifs is 1. The molecular weight excluding hydrogens is 334 g/mol. The molecule has 4 heteroatoms. The van der Waals surface area contributed by atoms with Crippen LogP contribution >= 0.6 is 0 Å². The Hall–Kier alpha value is -1.39. The Bertz CT molecular complexity index is 684. The van der Waals surface area contributed by atoms with E-state index >= 15 is 0 Å². The predicted octanol–water partition coefficient (Wildman–Crippen LogP) is 2.42. The van der Waals surface area contributed by atoms with Crippen molar-refractivity contribution in [2.24, 2.45) is 11.3 Å². The number of benzene rings is 1. The molecule has 2 aliphatic heterocycles. The van der Waals surface area contributed by atoms with Crippen molar-refractivity contribution in [3.05, 3.63) is 35.4 Å². The maximum atomic E-state index is 13.1. The van der Waals surface area contributed by atoms with E-state index in [1.165, 1.54) is 38.8 Å². The van der Waals surface area contributed by atoms with E-state index in [1.807, 2.05) is 0 Å². The first-order valence-corrected chi connectivity index (χ1v) is 10.9. The molecule has 2 saturated heterocycles. The Morgan fingerprint density at radius 1 is 0.963 bits per heavy atom. The highest BCUT2D eigenvalue weighted by atomic mass is 16.2. The van der Waals surface area contributed by atoms with E-state index in [0.717, 1.165) is 39.0 Å². The zero-order valence-corrected chi connectivity index (χ0v) is 16.7. The lowest BCUT2D eigenvalue weighted by molar-refractivity contribution is -0.133. The molecule has 1 aromatic rings. The van der Waals surface area contributed by atoms with Gasteiger partial charge in [0.15, 0.2) is 0 Å². The maximum Gasteiger partial charge on any atom is 0.226 e. The third-order valence-corrected chi connectivity index (χ3v) is 7.86. The quantitative estimate of drug-likeness (QED) is 0.803. The van der Waals surface area contributed by atoms with Crippen LogP contribution in [0.2, 0.25) is 0 Å². The smallest absolute Gasteiger partial charge is 0.226 e. The van der Waals surface area contributed by atoms with Gasteiger partial charge in [0.25, 0.3) is 0 Å². The molecule has 0 N–H and O–H groups in total. The number of carbonyl (C=O) groups excluding carboxylic acids is 1. The van der Waals surface area contributed by atoms with Gasteiger partial charge in [0.2, 0.25) is 5.91 Å². The van der Waals surface area contributed by atoms with E-state index in [0.29, 0.717) is 23.3 Å². The van der Waals surface area contributed by atoms with Crippen LogP contribution in [0, 0.1) is 11.3 Å². The van der Waals surface area contributed by atoms with Gasteiger partial charge in [-0.15, -0.1) is 0 Å². The van der Waals surface area contributed by atoms with Gasteiger partial charge in [0.1, 0.15) is 0 Å². The molecule has 1 aromatic carbocycles. The van der Waals surface area contributed by atoms with Gasteiger partial charge in [-0.25, -0.2) is 0 Å². The number of piperidine rings is 1. The normalized spacial score (nSPS) is 28.9. The molecule has 1 saturated carbocycles. The van der Waals surface area contributed by atoms with Crippen LogP contribution in [0.1, 0.15) is 36.8 Å². The van der Waals surface area contributed by atoms with Crippen LogP contribution in [0.4, 0.5) is 0 Å². The topological polar surface area (TPSA) is 26.8 Å². The molecule has 0 bridgehead atoms. The molecule has 1 amide bonds. The Morgan fingerprint density at radius 3 is 2.37 bits per heavy atom. The molecule has 1 atom stereocenters. The van der Waals surface area contributed by atoms with E-state index < -0.39 is 0 Å². The van der Waals surface area contributed by atoms with Crippen LogP contribution in [-0.2, 0) is 17.6 Å². The summed E-state index contributed by atoms with van der Waals surface area (Å²) in [6.07, 6.45) is 7.16. The van der Waals surface area contributed by atoms with Gasteiger partial charge in [0, 0.05) is 31.6 Å². The largest absolute Gasteiger partial charge is 0.341 e. The van der Waals surface area contributed by atoms with Crippen molar-refractivity contribution in [3.8, 4) is 0 Å². The molecule has 4 aliphatic rings. The van der Waals surface area contributed by atoms with Crippen LogP contribution in [0.25, 0.3) is 0 Å². The minimum absolute atomic E-state index is 0.323. The summed E-state index contributed by atoms with van der Waals surface area (Å²) in [6, 6.07) is 9.64.